The summed E-state index contributed by atoms with van der Waals surface area (Å²) in [5.74, 6) is -1.78. The second-order valence-electron chi connectivity index (χ2n) is 4.09. The van der Waals surface area contributed by atoms with Gasteiger partial charge in [0.05, 0.1) is 12.0 Å². The average Bonchev–Trinajstić information content (AvgIpc) is 2.15. The number of carboxylic acids is 1. The molecule has 0 heterocycles. The minimum atomic E-state index is -1.04. The van der Waals surface area contributed by atoms with E-state index in [1.54, 1.807) is 6.92 Å². The first-order valence-corrected chi connectivity index (χ1v) is 5.10. The second-order valence-corrected chi connectivity index (χ2v) is 4.09. The Kier molecular flexibility index (Phi) is 3.83. The summed E-state index contributed by atoms with van der Waals surface area (Å²) in [6, 6.07) is 5.40. The van der Waals surface area contributed by atoms with E-state index in [9.17, 15) is 14.0 Å². The van der Waals surface area contributed by atoms with Gasteiger partial charge in [-0.25, -0.2) is 4.39 Å². The van der Waals surface area contributed by atoms with Gasteiger partial charge in [0, 0.05) is 6.92 Å². The molecule has 0 aliphatic rings. The Balaban J connectivity index is 3.08. The molecular weight excluding hydrogens is 225 g/mol. The third kappa shape index (κ3) is 3.55. The Morgan fingerprint density at radius 2 is 1.88 bits per heavy atom. The van der Waals surface area contributed by atoms with Gasteiger partial charge in [0.25, 0.3) is 0 Å². The lowest BCUT2D eigenvalue weighted by Gasteiger charge is -2.29. The van der Waals surface area contributed by atoms with Crippen molar-refractivity contribution in [1.29, 1.82) is 0 Å². The first-order chi connectivity index (χ1) is 7.83. The van der Waals surface area contributed by atoms with Crippen LogP contribution in [0.2, 0.25) is 0 Å². The van der Waals surface area contributed by atoms with Crippen LogP contribution in [-0.2, 0) is 15.1 Å². The Morgan fingerprint density at radius 1 is 1.35 bits per heavy atom. The van der Waals surface area contributed by atoms with Gasteiger partial charge in [0.15, 0.2) is 0 Å². The van der Waals surface area contributed by atoms with Gasteiger partial charge in [-0.3, -0.25) is 9.59 Å². The number of hydrogen-bond donors (Lipinski definition) is 2. The SMILES string of the molecule is CC(=O)NC(C)(CC(=O)O)c1ccc(F)cc1. The van der Waals surface area contributed by atoms with Crippen molar-refractivity contribution in [2.75, 3.05) is 0 Å². The monoisotopic (exact) mass is 239 g/mol. The van der Waals surface area contributed by atoms with Crippen molar-refractivity contribution in [3.05, 3.63) is 35.6 Å². The van der Waals surface area contributed by atoms with Crippen LogP contribution in [0.5, 0.6) is 0 Å². The molecule has 1 aromatic carbocycles. The number of aliphatic carboxylic acids is 1. The third-order valence-corrected chi connectivity index (χ3v) is 2.44. The van der Waals surface area contributed by atoms with Crippen LogP contribution in [0.15, 0.2) is 24.3 Å². The normalized spacial score (nSPS) is 13.8. The van der Waals surface area contributed by atoms with Crippen LogP contribution in [0, 0.1) is 5.82 Å². The molecule has 0 radical (unpaired) electrons. The predicted octanol–water partition coefficient (Wildman–Crippen LogP) is 1.65. The molecule has 4 nitrogen and oxygen atoms in total. The highest BCUT2D eigenvalue weighted by atomic mass is 19.1. The van der Waals surface area contributed by atoms with Crippen LogP contribution in [0.25, 0.3) is 0 Å². The molecule has 0 aromatic heterocycles. The van der Waals surface area contributed by atoms with Gasteiger partial charge >= 0.3 is 5.97 Å². The number of benzene rings is 1. The number of amides is 1. The molecule has 1 aromatic rings. The highest BCUT2D eigenvalue weighted by Gasteiger charge is 2.30. The van der Waals surface area contributed by atoms with Crippen molar-refractivity contribution >= 4 is 11.9 Å². The van der Waals surface area contributed by atoms with Crippen LogP contribution in [0.4, 0.5) is 4.39 Å². The van der Waals surface area contributed by atoms with Gasteiger partial charge in [-0.05, 0) is 24.6 Å². The van der Waals surface area contributed by atoms with E-state index in [0.717, 1.165) is 0 Å². The van der Waals surface area contributed by atoms with Gasteiger partial charge in [0.2, 0.25) is 5.91 Å². The van der Waals surface area contributed by atoms with E-state index in [0.29, 0.717) is 5.56 Å². The van der Waals surface area contributed by atoms with Crippen molar-refractivity contribution in [2.24, 2.45) is 0 Å². The fraction of sp³-hybridized carbons (Fsp3) is 0.333. The van der Waals surface area contributed by atoms with Gasteiger partial charge in [-0.2, -0.15) is 0 Å². The van der Waals surface area contributed by atoms with Crippen LogP contribution < -0.4 is 5.32 Å². The summed E-state index contributed by atoms with van der Waals surface area (Å²) >= 11 is 0. The highest BCUT2D eigenvalue weighted by molar-refractivity contribution is 5.76. The average molecular weight is 239 g/mol. The quantitative estimate of drug-likeness (QED) is 0.839. The van der Waals surface area contributed by atoms with Crippen molar-refractivity contribution in [2.45, 2.75) is 25.8 Å². The summed E-state index contributed by atoms with van der Waals surface area (Å²) in [5.41, 5.74) is -0.484. The summed E-state index contributed by atoms with van der Waals surface area (Å²) < 4.78 is 12.8. The molecule has 0 saturated heterocycles. The predicted molar refractivity (Wildman–Crippen MR) is 59.8 cm³/mol. The lowest BCUT2D eigenvalue weighted by atomic mass is 9.88. The number of nitrogens with one attached hydrogen (secondary N) is 1. The van der Waals surface area contributed by atoms with Crippen molar-refractivity contribution in [1.82, 2.24) is 5.32 Å². The molecule has 1 rings (SSSR count). The zero-order chi connectivity index (χ0) is 13.1. The van der Waals surface area contributed by atoms with Crippen LogP contribution in [-0.4, -0.2) is 17.0 Å². The number of hydrogen-bond acceptors (Lipinski definition) is 2. The zero-order valence-corrected chi connectivity index (χ0v) is 9.66. The number of carboxylic acid groups (broad SMARTS) is 1. The maximum absolute atomic E-state index is 12.8. The minimum Gasteiger partial charge on any atom is -0.481 e. The molecule has 1 amide bonds. The summed E-state index contributed by atoms with van der Waals surface area (Å²) in [4.78, 5) is 21.9. The Bertz CT molecular complexity index is 412. The van der Waals surface area contributed by atoms with Gasteiger partial charge < -0.3 is 10.4 Å². The van der Waals surface area contributed by atoms with E-state index >= 15 is 0 Å². The molecule has 5 heteroatoms. The van der Waals surface area contributed by atoms with E-state index in [1.165, 1.54) is 31.2 Å². The summed E-state index contributed by atoms with van der Waals surface area (Å²) in [6.07, 6.45) is -0.266. The maximum Gasteiger partial charge on any atom is 0.306 e. The van der Waals surface area contributed by atoms with Crippen molar-refractivity contribution < 1.29 is 19.1 Å². The molecule has 0 spiro atoms. The van der Waals surface area contributed by atoms with Gasteiger partial charge in [0.1, 0.15) is 5.82 Å². The molecule has 1 unspecified atom stereocenters. The molecule has 1 atom stereocenters. The molecule has 0 fully saturated rings. The summed E-state index contributed by atoms with van der Waals surface area (Å²) in [6.45, 7) is 2.90. The fourth-order valence-corrected chi connectivity index (χ4v) is 1.73. The molecule has 17 heavy (non-hydrogen) atoms. The van der Waals surface area contributed by atoms with Crippen molar-refractivity contribution in [3.63, 3.8) is 0 Å². The standard InChI is InChI=1S/C12H14FNO3/c1-8(15)14-12(2,7-11(16)17)9-3-5-10(13)6-4-9/h3-6H,7H2,1-2H3,(H,14,15)(H,16,17). The molecule has 2 N–H and O–H groups in total. The number of rotatable bonds is 4. The lowest BCUT2D eigenvalue weighted by molar-refractivity contribution is -0.139. The maximum atomic E-state index is 12.8. The minimum absolute atomic E-state index is 0.266. The first-order valence-electron chi connectivity index (χ1n) is 5.10. The summed E-state index contributed by atoms with van der Waals surface area (Å²) in [5, 5.41) is 11.4. The van der Waals surface area contributed by atoms with E-state index < -0.39 is 17.3 Å². The van der Waals surface area contributed by atoms with E-state index in [1.807, 2.05) is 0 Å². The zero-order valence-electron chi connectivity index (χ0n) is 9.66. The van der Waals surface area contributed by atoms with E-state index in [4.69, 9.17) is 5.11 Å². The second kappa shape index (κ2) is 4.95. The topological polar surface area (TPSA) is 66.4 Å². The molecular formula is C12H14FNO3. The largest absolute Gasteiger partial charge is 0.481 e. The third-order valence-electron chi connectivity index (χ3n) is 2.44. The highest BCUT2D eigenvalue weighted by Crippen LogP contribution is 2.25. The molecule has 0 aliphatic carbocycles. The van der Waals surface area contributed by atoms with Gasteiger partial charge in [-0.1, -0.05) is 12.1 Å². The van der Waals surface area contributed by atoms with E-state index in [2.05, 4.69) is 5.32 Å². The number of carbonyl (C=O) groups is 2. The molecule has 0 bridgehead atoms. The Labute approximate surface area is 98.5 Å². The van der Waals surface area contributed by atoms with Crippen LogP contribution >= 0.6 is 0 Å². The fourth-order valence-electron chi connectivity index (χ4n) is 1.73. The first kappa shape index (κ1) is 13.2. The summed E-state index contributed by atoms with van der Waals surface area (Å²) in [7, 11) is 0. The number of carbonyl (C=O) groups excluding carboxylic acids is 1. The van der Waals surface area contributed by atoms with Gasteiger partial charge in [-0.15, -0.1) is 0 Å². The Hall–Kier alpha value is -1.91. The van der Waals surface area contributed by atoms with E-state index in [-0.39, 0.29) is 12.3 Å². The lowest BCUT2D eigenvalue weighted by Crippen LogP contribution is -2.44. The smallest absolute Gasteiger partial charge is 0.306 e. The molecule has 92 valence electrons. The number of halogens is 1. The van der Waals surface area contributed by atoms with Crippen LogP contribution in [0.3, 0.4) is 0 Å². The molecule has 0 saturated carbocycles. The van der Waals surface area contributed by atoms with Crippen molar-refractivity contribution in [3.8, 4) is 0 Å². The molecule has 0 aliphatic heterocycles. The Morgan fingerprint density at radius 3 is 2.29 bits per heavy atom. The van der Waals surface area contributed by atoms with Crippen LogP contribution in [0.1, 0.15) is 25.8 Å².